The molecule has 0 fully saturated rings. The van der Waals surface area contributed by atoms with Gasteiger partial charge in [-0.05, 0) is 133 Å². The third kappa shape index (κ3) is 44.7. The Kier molecular flexibility index (Phi) is 48.5. The smallest absolute Gasteiger partial charge is 0.326 e. The molecule has 0 aliphatic heterocycles. The van der Waals surface area contributed by atoms with Gasteiger partial charge in [0.1, 0.15) is 84.6 Å². The molecule has 0 rings (SSSR count). The van der Waals surface area contributed by atoms with E-state index >= 15 is 0 Å². The van der Waals surface area contributed by atoms with Crippen LogP contribution >= 0.6 is 0 Å². The predicted molar refractivity (Wildman–Crippen MR) is 426 cm³/mol. The molecule has 0 saturated carbocycles. The van der Waals surface area contributed by atoms with Crippen LogP contribution in [0, 0.1) is 46.8 Å². The first-order valence-corrected chi connectivity index (χ1v) is 39.5. The number of carboxylic acid groups (broad SMARTS) is 3. The molecule has 0 aromatic heterocycles. The number of hydrogen-bond acceptors (Lipinski definition) is 21. The molecule has 0 aromatic rings. The summed E-state index contributed by atoms with van der Waals surface area (Å²) >= 11 is 0. The van der Waals surface area contributed by atoms with Gasteiger partial charge in [-0.15, -0.1) is 0 Å². The van der Waals surface area contributed by atoms with Gasteiger partial charge < -0.3 is 118 Å². The van der Waals surface area contributed by atoms with E-state index in [-0.39, 0.29) is 93.9 Å². The van der Waals surface area contributed by atoms with Gasteiger partial charge in [0.2, 0.25) is 94.5 Å². The van der Waals surface area contributed by atoms with Crippen LogP contribution in [0.5, 0.6) is 0 Å². The van der Waals surface area contributed by atoms with Crippen LogP contribution in [0.2, 0.25) is 0 Å². The molecular formula is C75H132N20O22. The quantitative estimate of drug-likeness (QED) is 0.0158. The molecule has 0 spiro atoms. The molecule has 0 radical (unpaired) electrons. The maximum absolute atomic E-state index is 14.6. The first kappa shape index (κ1) is 106. The lowest BCUT2D eigenvalue weighted by atomic mass is 9.98. The molecule has 664 valence electrons. The van der Waals surface area contributed by atoms with Crippen molar-refractivity contribution in [3.63, 3.8) is 0 Å². The van der Waals surface area contributed by atoms with Crippen LogP contribution in [0.25, 0.3) is 0 Å². The molecule has 0 unspecified atom stereocenters. The second-order valence-electron chi connectivity index (χ2n) is 32.4. The molecule has 42 heteroatoms. The molecule has 0 bridgehead atoms. The molecule has 27 N–H and O–H groups in total. The minimum atomic E-state index is -2.01. The Hall–Kier alpha value is -10.8. The van der Waals surface area contributed by atoms with Crippen LogP contribution in [0.3, 0.4) is 0 Å². The van der Waals surface area contributed by atoms with Crippen molar-refractivity contribution in [1.29, 1.82) is 5.41 Å². The molecule has 15 atom stereocenters. The lowest BCUT2D eigenvalue weighted by molar-refractivity contribution is -0.144. The predicted octanol–water partition coefficient (Wildman–Crippen LogP) is -3.69. The van der Waals surface area contributed by atoms with Crippen LogP contribution in [0.4, 0.5) is 0 Å². The van der Waals surface area contributed by atoms with Gasteiger partial charge in [-0.2, -0.15) is 0 Å². The number of primary amides is 2. The summed E-state index contributed by atoms with van der Waals surface area (Å²) in [6.45, 7) is 28.1. The summed E-state index contributed by atoms with van der Waals surface area (Å²) in [5.74, 6) is -22.9. The van der Waals surface area contributed by atoms with Crippen molar-refractivity contribution < 1.29 is 106 Å². The summed E-state index contributed by atoms with van der Waals surface area (Å²) in [4.78, 5) is 256. The average molecular weight is 1670 g/mol. The van der Waals surface area contributed by atoms with Crippen LogP contribution < -0.4 is 103 Å². The summed E-state index contributed by atoms with van der Waals surface area (Å²) < 4.78 is 0. The highest BCUT2D eigenvalue weighted by Crippen LogP contribution is 2.17. The molecule has 0 heterocycles. The van der Waals surface area contributed by atoms with Crippen molar-refractivity contribution >= 4 is 118 Å². The van der Waals surface area contributed by atoms with E-state index in [0.29, 0.717) is 0 Å². The Bertz CT molecular complexity index is 3420. The summed E-state index contributed by atoms with van der Waals surface area (Å²) in [5.41, 5.74) is 22.0. The zero-order valence-electron chi connectivity index (χ0n) is 70.4. The lowest BCUT2D eigenvalue weighted by Gasteiger charge is -2.29. The average Bonchev–Trinajstić information content (AvgIpc) is 0.827. The molecule has 16 amide bonds. The first-order valence-electron chi connectivity index (χ1n) is 39.5. The molecule has 42 nitrogen and oxygen atoms in total. The summed E-state index contributed by atoms with van der Waals surface area (Å²) in [6.07, 6.45) is -5.20. The second kappa shape index (κ2) is 53.4. The van der Waals surface area contributed by atoms with E-state index in [9.17, 15) is 101 Å². The van der Waals surface area contributed by atoms with E-state index < -0.39 is 259 Å². The largest absolute Gasteiger partial charge is 0.481 e. The van der Waals surface area contributed by atoms with Crippen LogP contribution in [0.15, 0.2) is 0 Å². The molecule has 0 aliphatic rings. The number of rotatable bonds is 57. The molecule has 0 aromatic carbocycles. The van der Waals surface area contributed by atoms with E-state index in [1.54, 1.807) is 96.9 Å². The molecular weight excluding hydrogens is 1530 g/mol. The summed E-state index contributed by atoms with van der Waals surface area (Å²) in [5, 5.41) is 74.0. The van der Waals surface area contributed by atoms with Crippen LogP contribution in [-0.2, 0) is 91.1 Å². The molecule has 0 saturated heterocycles. The second-order valence-corrected chi connectivity index (χ2v) is 32.4. The fourth-order valence-electron chi connectivity index (χ4n) is 11.7. The van der Waals surface area contributed by atoms with Crippen molar-refractivity contribution in [3.8, 4) is 0 Å². The minimum absolute atomic E-state index is 0.0000851. The highest BCUT2D eigenvalue weighted by atomic mass is 16.4. The van der Waals surface area contributed by atoms with Gasteiger partial charge >= 0.3 is 17.9 Å². The number of carboxylic acids is 3. The lowest BCUT2D eigenvalue weighted by Crippen LogP contribution is -2.61. The van der Waals surface area contributed by atoms with Crippen LogP contribution in [-0.4, -0.2) is 231 Å². The number of nitrogens with two attached hydrogens (primary N) is 4. The Labute approximate surface area is 682 Å². The Morgan fingerprint density at radius 3 is 0.778 bits per heavy atom. The van der Waals surface area contributed by atoms with Gasteiger partial charge in [-0.1, -0.05) is 96.9 Å². The molecule has 0 aliphatic carbocycles. The number of carbonyl (C=O) groups is 19. The van der Waals surface area contributed by atoms with Crippen molar-refractivity contribution in [1.82, 2.24) is 79.8 Å². The number of carbonyl (C=O) groups excluding carboxylic acids is 16. The van der Waals surface area contributed by atoms with Crippen molar-refractivity contribution in [2.75, 3.05) is 6.54 Å². The highest BCUT2D eigenvalue weighted by molar-refractivity contribution is 6.01. The maximum atomic E-state index is 14.6. The van der Waals surface area contributed by atoms with Crippen molar-refractivity contribution in [3.05, 3.63) is 0 Å². The van der Waals surface area contributed by atoms with Crippen molar-refractivity contribution in [2.45, 2.75) is 305 Å². The van der Waals surface area contributed by atoms with E-state index in [1.165, 1.54) is 20.8 Å². The monoisotopic (exact) mass is 1660 g/mol. The Balaban J connectivity index is 7.28. The Morgan fingerprint density at radius 2 is 0.513 bits per heavy atom. The third-order valence-electron chi connectivity index (χ3n) is 17.5. The van der Waals surface area contributed by atoms with Gasteiger partial charge in [0, 0.05) is 19.4 Å². The molecule has 117 heavy (non-hydrogen) atoms. The fourth-order valence-corrected chi connectivity index (χ4v) is 11.7. The van der Waals surface area contributed by atoms with E-state index in [0.717, 1.165) is 0 Å². The maximum Gasteiger partial charge on any atom is 0.326 e. The van der Waals surface area contributed by atoms with E-state index in [1.807, 2.05) is 0 Å². The van der Waals surface area contributed by atoms with Gasteiger partial charge in [0.25, 0.3) is 0 Å². The van der Waals surface area contributed by atoms with Gasteiger partial charge in [-0.25, -0.2) is 4.79 Å². The summed E-state index contributed by atoms with van der Waals surface area (Å²) in [6, 6.07) is -22.4. The zero-order valence-corrected chi connectivity index (χ0v) is 70.4. The van der Waals surface area contributed by atoms with E-state index in [4.69, 9.17) is 33.5 Å². The Morgan fingerprint density at radius 1 is 0.274 bits per heavy atom. The number of nitrogens with one attached hydrogen (secondary N) is 16. The topological polar surface area (TPSA) is 693 Å². The van der Waals surface area contributed by atoms with Gasteiger partial charge in [0.15, 0.2) is 5.96 Å². The normalized spacial score (nSPS) is 15.2. The third-order valence-corrected chi connectivity index (χ3v) is 17.5. The summed E-state index contributed by atoms with van der Waals surface area (Å²) in [7, 11) is 0. The minimum Gasteiger partial charge on any atom is -0.481 e. The standard InChI is InChI=1S/C75H132N20O22/c1-34(2)25-47(87-61(103)42(16)82-60(102)41(15)76)65(107)83-43(17)62(104)88-48(26-35(3)4)67(109)91-51(29-38(9)10)68(110)92-52(30-39(11)12)69(111)93-53(31-40(13)14)71(113)95-55(33-59(100)101)73(115)84-44(19-18-24-81-75(79)80)63(105)89-50(28-37(7)8)70(112)94-54(32-57(78)97)72(114)85-45(20-22-56(77)96)64(106)90-49(27-36(5)6)66(108)86-46(74(116)117)21-23-58(98)99/h34-55H,18-33,76H2,1-17H3,(H2,77,96)(H2,78,97)(H,82,102)(H,83,107)(H,84,115)(H,85,114)(H,86,108)(H,87,103)(H,88,104)(H,89,105)(H,90,106)(H,91,109)(H,92,110)(H,93,111)(H,94,112)(H,95,113)(H,98,99)(H,100,101)(H,116,117)(H4,79,80,81)/t41-,42-,43-,44-,45-,46-,47-,48-,49-,50-,51-,52-,53-,54-,55-/m0/s1. The number of aliphatic carboxylic acids is 3. The highest BCUT2D eigenvalue weighted by Gasteiger charge is 2.40. The zero-order chi connectivity index (χ0) is 90.2. The number of hydrogen-bond donors (Lipinski definition) is 23. The van der Waals surface area contributed by atoms with Crippen molar-refractivity contribution in [2.24, 2.45) is 64.4 Å². The number of guanidine groups is 1. The first-order chi connectivity index (χ1) is 54.1. The van der Waals surface area contributed by atoms with E-state index in [2.05, 4.69) is 79.8 Å². The van der Waals surface area contributed by atoms with Gasteiger partial charge in [-0.3, -0.25) is 91.7 Å². The SMILES string of the molecule is CC(C)C[C@H](NC(=O)[C@H](C)NC(=O)[C@H](C)N)C(=O)N[C@@H](C)C(=O)N[C@@H](CC(C)C)C(=O)N[C@@H](CC(C)C)C(=O)N[C@@H](CC(C)C)C(=O)N[C@@H](CC(C)C)C(=O)N[C@@H](CC(=O)O)C(=O)N[C@@H](CCCNC(=N)N)C(=O)N[C@@H](CC(C)C)C(=O)N[C@@H](CC(N)=O)C(=O)N[C@@H](CCC(N)=O)C(=O)N[C@@H](CC(C)C)C(=O)N[C@@H](CCC(=O)O)C(=O)O. The van der Waals surface area contributed by atoms with Gasteiger partial charge in [0.05, 0.1) is 18.9 Å². The fraction of sp³-hybridized carbons (Fsp3) is 0.733. The van der Waals surface area contributed by atoms with Crippen LogP contribution in [0.1, 0.15) is 214 Å². The number of amides is 16.